The highest BCUT2D eigenvalue weighted by atomic mass is 16.4. The largest absolute Gasteiger partial charge is 0.473 e. The van der Waals surface area contributed by atoms with Gasteiger partial charge in [0.2, 0.25) is 5.91 Å². The third-order valence-electron chi connectivity index (χ3n) is 4.62. The van der Waals surface area contributed by atoms with Crippen molar-refractivity contribution >= 4 is 29.8 Å². The van der Waals surface area contributed by atoms with E-state index < -0.39 is 23.9 Å². The lowest BCUT2D eigenvalue weighted by Crippen LogP contribution is -2.54. The van der Waals surface area contributed by atoms with Gasteiger partial charge in [-0.25, -0.2) is 19.2 Å². The van der Waals surface area contributed by atoms with Crippen molar-refractivity contribution in [3.05, 3.63) is 35.4 Å². The topological polar surface area (TPSA) is 185 Å². The van der Waals surface area contributed by atoms with Gasteiger partial charge in [-0.3, -0.25) is 14.6 Å². The Morgan fingerprint density at radius 1 is 0.853 bits per heavy atom. The Kier molecular flexibility index (Phi) is 13.8. The minimum atomic E-state index is -1.82. The molecule has 12 nitrogen and oxygen atoms in total. The van der Waals surface area contributed by atoms with Gasteiger partial charge in [-0.1, -0.05) is 29.8 Å². The predicted molar refractivity (Wildman–Crippen MR) is 121 cm³/mol. The van der Waals surface area contributed by atoms with Crippen molar-refractivity contribution in [3.63, 3.8) is 0 Å². The molecule has 0 aromatic heterocycles. The Balaban J connectivity index is 0.000000750. The molecule has 5 N–H and O–H groups in total. The quantitative estimate of drug-likeness (QED) is 0.364. The first-order valence-electron chi connectivity index (χ1n) is 10.5. The van der Waals surface area contributed by atoms with E-state index in [1.165, 1.54) is 11.1 Å². The van der Waals surface area contributed by atoms with Crippen molar-refractivity contribution in [1.29, 1.82) is 0 Å². The summed E-state index contributed by atoms with van der Waals surface area (Å²) in [4.78, 5) is 53.2. The number of aliphatic carboxylic acids is 4. The fourth-order valence-electron chi connectivity index (χ4n) is 2.95. The number of benzene rings is 1. The first-order valence-corrected chi connectivity index (χ1v) is 10.5. The van der Waals surface area contributed by atoms with Gasteiger partial charge in [0, 0.05) is 38.8 Å². The maximum Gasteiger partial charge on any atom is 0.414 e. The van der Waals surface area contributed by atoms with Crippen molar-refractivity contribution in [3.8, 4) is 0 Å². The van der Waals surface area contributed by atoms with Crippen LogP contribution in [0.1, 0.15) is 31.9 Å². The zero-order valence-electron chi connectivity index (χ0n) is 19.7. The predicted octanol–water partition coefficient (Wildman–Crippen LogP) is 0.337. The van der Waals surface area contributed by atoms with Crippen LogP contribution in [-0.2, 0) is 30.5 Å². The summed E-state index contributed by atoms with van der Waals surface area (Å²) in [5.74, 6) is -7.16. The number of hydrogen-bond donors (Lipinski definition) is 5. The van der Waals surface area contributed by atoms with Crippen molar-refractivity contribution < 1.29 is 44.4 Å². The number of nitrogens with one attached hydrogen (secondary N) is 1. The number of carbonyl (C=O) groups is 5. The summed E-state index contributed by atoms with van der Waals surface area (Å²) >= 11 is 0. The lowest BCUT2D eigenvalue weighted by atomic mass is 10.1. The van der Waals surface area contributed by atoms with Crippen LogP contribution in [0.5, 0.6) is 0 Å². The van der Waals surface area contributed by atoms with Gasteiger partial charge in [0.25, 0.3) is 0 Å². The minimum Gasteiger partial charge on any atom is -0.473 e. The Bertz CT molecular complexity index is 802. The molecule has 1 aliphatic heterocycles. The average Bonchev–Trinajstić information content (AvgIpc) is 2.74. The van der Waals surface area contributed by atoms with Gasteiger partial charge in [-0.15, -0.1) is 0 Å². The smallest absolute Gasteiger partial charge is 0.414 e. The summed E-state index contributed by atoms with van der Waals surface area (Å²) in [5, 5.41) is 32.6. The second-order valence-electron chi connectivity index (χ2n) is 7.86. The SMILES string of the molecule is Cc1cccc(CN2CCN(C(C)C(=O)NC(C)C)CC2)c1.O=C(O)C(=O)O.O=C(O)C(=O)O. The van der Waals surface area contributed by atoms with E-state index in [1.807, 2.05) is 20.8 Å². The van der Waals surface area contributed by atoms with Gasteiger partial charge in [0.15, 0.2) is 0 Å². The molecule has 34 heavy (non-hydrogen) atoms. The molecule has 0 bridgehead atoms. The van der Waals surface area contributed by atoms with Gasteiger partial charge >= 0.3 is 23.9 Å². The van der Waals surface area contributed by atoms with Gasteiger partial charge < -0.3 is 25.7 Å². The number of nitrogens with zero attached hydrogens (tertiary/aromatic N) is 2. The number of rotatable bonds is 5. The maximum absolute atomic E-state index is 12.1. The fraction of sp³-hybridized carbons (Fsp3) is 0.500. The number of carboxylic acid groups (broad SMARTS) is 4. The standard InChI is InChI=1S/C18H29N3O.2C2H2O4/c1-14(2)19-18(22)16(4)21-10-8-20(9-11-21)13-17-7-5-6-15(3)12-17;2*3-1(4)2(5)6/h5-7,12,14,16H,8-11,13H2,1-4H3,(H,19,22);2*(H,3,4)(H,5,6). The molecule has 1 aliphatic rings. The first-order chi connectivity index (χ1) is 15.7. The van der Waals surface area contributed by atoms with Gasteiger partial charge in [-0.2, -0.15) is 0 Å². The van der Waals surface area contributed by atoms with E-state index in [0.717, 1.165) is 32.7 Å². The van der Waals surface area contributed by atoms with Gasteiger partial charge in [0.1, 0.15) is 0 Å². The average molecular weight is 484 g/mol. The molecule has 1 aromatic carbocycles. The van der Waals surface area contributed by atoms with Crippen LogP contribution in [0.25, 0.3) is 0 Å². The summed E-state index contributed by atoms with van der Waals surface area (Å²) in [6.45, 7) is 13.1. The molecule has 1 atom stereocenters. The zero-order chi connectivity index (χ0) is 26.4. The van der Waals surface area contributed by atoms with E-state index in [4.69, 9.17) is 39.6 Å². The normalized spacial score (nSPS) is 14.5. The van der Waals surface area contributed by atoms with Crippen LogP contribution in [0.3, 0.4) is 0 Å². The monoisotopic (exact) mass is 483 g/mol. The van der Waals surface area contributed by atoms with E-state index in [0.29, 0.717) is 0 Å². The lowest BCUT2D eigenvalue weighted by molar-refractivity contribution is -0.159. The van der Waals surface area contributed by atoms with E-state index in [-0.39, 0.29) is 18.0 Å². The van der Waals surface area contributed by atoms with Crippen LogP contribution < -0.4 is 5.32 Å². The summed E-state index contributed by atoms with van der Waals surface area (Å²) in [6.07, 6.45) is 0. The third kappa shape index (κ3) is 13.1. The highest BCUT2D eigenvalue weighted by Gasteiger charge is 2.25. The van der Waals surface area contributed by atoms with E-state index in [1.54, 1.807) is 0 Å². The Morgan fingerprint density at radius 3 is 1.71 bits per heavy atom. The Labute approximate surface area is 197 Å². The molecule has 1 amide bonds. The van der Waals surface area contributed by atoms with Crippen LogP contribution >= 0.6 is 0 Å². The number of amides is 1. The van der Waals surface area contributed by atoms with Crippen molar-refractivity contribution in [2.75, 3.05) is 26.2 Å². The second-order valence-corrected chi connectivity index (χ2v) is 7.86. The molecule has 1 heterocycles. The Hall–Kier alpha value is -3.51. The van der Waals surface area contributed by atoms with Crippen LogP contribution in [-0.4, -0.2) is 98.3 Å². The Morgan fingerprint density at radius 2 is 1.32 bits per heavy atom. The van der Waals surface area contributed by atoms with Crippen LogP contribution in [0, 0.1) is 6.92 Å². The van der Waals surface area contributed by atoms with E-state index >= 15 is 0 Å². The zero-order valence-corrected chi connectivity index (χ0v) is 19.7. The summed E-state index contributed by atoms with van der Waals surface area (Å²) < 4.78 is 0. The van der Waals surface area contributed by atoms with E-state index in [9.17, 15) is 4.79 Å². The highest BCUT2D eigenvalue weighted by molar-refractivity contribution is 6.27. The summed E-state index contributed by atoms with van der Waals surface area (Å²) in [7, 11) is 0. The van der Waals surface area contributed by atoms with E-state index in [2.05, 4.69) is 46.3 Å². The maximum atomic E-state index is 12.1. The first kappa shape index (κ1) is 30.5. The third-order valence-corrected chi connectivity index (χ3v) is 4.62. The highest BCUT2D eigenvalue weighted by Crippen LogP contribution is 2.12. The minimum absolute atomic E-state index is 0.0384. The van der Waals surface area contributed by atoms with Crippen molar-refractivity contribution in [2.24, 2.45) is 0 Å². The summed E-state index contributed by atoms with van der Waals surface area (Å²) in [6, 6.07) is 8.87. The molecular formula is C22H33N3O9. The molecule has 12 heteroatoms. The fourth-order valence-corrected chi connectivity index (χ4v) is 2.95. The second kappa shape index (κ2) is 15.3. The molecular weight excluding hydrogens is 450 g/mol. The number of carbonyl (C=O) groups excluding carboxylic acids is 1. The molecule has 0 saturated carbocycles. The van der Waals surface area contributed by atoms with Gasteiger partial charge in [0.05, 0.1) is 6.04 Å². The number of piperazine rings is 1. The number of aryl methyl sites for hydroxylation is 1. The molecule has 190 valence electrons. The molecule has 1 unspecified atom stereocenters. The van der Waals surface area contributed by atoms with Crippen LogP contribution in [0.2, 0.25) is 0 Å². The van der Waals surface area contributed by atoms with Gasteiger partial charge in [-0.05, 0) is 33.3 Å². The molecule has 2 rings (SSSR count). The molecule has 1 aromatic rings. The molecule has 1 fully saturated rings. The summed E-state index contributed by atoms with van der Waals surface area (Å²) in [5.41, 5.74) is 2.69. The molecule has 1 saturated heterocycles. The van der Waals surface area contributed by atoms with Crippen molar-refractivity contribution in [1.82, 2.24) is 15.1 Å². The molecule has 0 spiro atoms. The number of hydrogen-bond acceptors (Lipinski definition) is 7. The van der Waals surface area contributed by atoms with Crippen LogP contribution in [0.15, 0.2) is 24.3 Å². The lowest BCUT2D eigenvalue weighted by Gasteiger charge is -2.37. The molecule has 0 radical (unpaired) electrons. The van der Waals surface area contributed by atoms with Crippen LogP contribution in [0.4, 0.5) is 0 Å². The van der Waals surface area contributed by atoms with Crippen molar-refractivity contribution in [2.45, 2.75) is 46.3 Å². The molecule has 0 aliphatic carbocycles. The number of carboxylic acids is 4.